The summed E-state index contributed by atoms with van der Waals surface area (Å²) >= 11 is 0. The standard InChI is InChI=1S/C16H26N2O3/c19-15(12-7-2-1-5-9-17-12)18-13-8-4-3-6-11(13)10-14(18)16(20)21/h11-14,17H,1-10H2,(H,20,21). The Morgan fingerprint density at radius 3 is 2.57 bits per heavy atom. The van der Waals surface area contributed by atoms with Gasteiger partial charge in [0.1, 0.15) is 6.04 Å². The number of likely N-dealkylation sites (tertiary alicyclic amines) is 1. The van der Waals surface area contributed by atoms with Crippen LogP contribution in [0.3, 0.4) is 0 Å². The zero-order valence-electron chi connectivity index (χ0n) is 12.6. The number of rotatable bonds is 2. The topological polar surface area (TPSA) is 69.6 Å². The van der Waals surface area contributed by atoms with Gasteiger partial charge in [0.15, 0.2) is 0 Å². The molecule has 21 heavy (non-hydrogen) atoms. The second kappa shape index (κ2) is 6.34. The van der Waals surface area contributed by atoms with Gasteiger partial charge in [-0.25, -0.2) is 4.79 Å². The molecule has 0 aromatic heterocycles. The summed E-state index contributed by atoms with van der Waals surface area (Å²) in [6.45, 7) is 0.871. The van der Waals surface area contributed by atoms with E-state index in [0.29, 0.717) is 12.3 Å². The molecule has 2 saturated heterocycles. The first-order valence-corrected chi connectivity index (χ1v) is 8.47. The molecular weight excluding hydrogens is 268 g/mol. The molecule has 2 aliphatic heterocycles. The fourth-order valence-electron chi connectivity index (χ4n) is 4.42. The molecule has 118 valence electrons. The SMILES string of the molecule is O=C(O)C1CC2CCCCC2N1C(=O)C1CCCCCN1. The maximum absolute atomic E-state index is 12.9. The van der Waals surface area contributed by atoms with Gasteiger partial charge in [-0.2, -0.15) is 0 Å². The Balaban J connectivity index is 1.78. The number of hydrogen-bond acceptors (Lipinski definition) is 3. The molecule has 3 fully saturated rings. The molecule has 1 saturated carbocycles. The van der Waals surface area contributed by atoms with E-state index in [9.17, 15) is 14.7 Å². The smallest absolute Gasteiger partial charge is 0.326 e. The van der Waals surface area contributed by atoms with Crippen molar-refractivity contribution in [3.8, 4) is 0 Å². The number of nitrogens with one attached hydrogen (secondary N) is 1. The van der Waals surface area contributed by atoms with Gasteiger partial charge in [-0.15, -0.1) is 0 Å². The molecule has 1 aliphatic carbocycles. The molecule has 5 nitrogen and oxygen atoms in total. The fourth-order valence-corrected chi connectivity index (χ4v) is 4.42. The van der Waals surface area contributed by atoms with E-state index in [1.54, 1.807) is 4.90 Å². The molecule has 0 bridgehead atoms. The highest BCUT2D eigenvalue weighted by atomic mass is 16.4. The second-order valence-electron chi connectivity index (χ2n) is 6.80. The number of hydrogen-bond donors (Lipinski definition) is 2. The van der Waals surface area contributed by atoms with Crippen LogP contribution < -0.4 is 5.32 Å². The Morgan fingerprint density at radius 1 is 1.00 bits per heavy atom. The van der Waals surface area contributed by atoms with Gasteiger partial charge in [-0.3, -0.25) is 4.79 Å². The number of carbonyl (C=O) groups excluding carboxylic acids is 1. The third-order valence-corrected chi connectivity index (χ3v) is 5.49. The minimum absolute atomic E-state index is 0.0405. The molecule has 0 spiro atoms. The maximum atomic E-state index is 12.9. The van der Waals surface area contributed by atoms with Crippen LogP contribution in [0.15, 0.2) is 0 Å². The van der Waals surface area contributed by atoms with Crippen LogP contribution >= 0.6 is 0 Å². The lowest BCUT2D eigenvalue weighted by Gasteiger charge is -2.35. The van der Waals surface area contributed by atoms with Crippen LogP contribution in [0.2, 0.25) is 0 Å². The number of carboxylic acids is 1. The molecular formula is C16H26N2O3. The Kier molecular flexibility index (Phi) is 4.48. The van der Waals surface area contributed by atoms with Gasteiger partial charge in [-0.1, -0.05) is 25.7 Å². The molecule has 2 heterocycles. The highest BCUT2D eigenvalue weighted by molar-refractivity contribution is 5.88. The number of carboxylic acid groups (broad SMARTS) is 1. The summed E-state index contributed by atoms with van der Waals surface area (Å²) in [7, 11) is 0. The van der Waals surface area contributed by atoms with Crippen LogP contribution in [0.1, 0.15) is 57.8 Å². The summed E-state index contributed by atoms with van der Waals surface area (Å²) in [6.07, 6.45) is 9.18. The first kappa shape index (κ1) is 14.8. The summed E-state index contributed by atoms with van der Waals surface area (Å²) in [5.74, 6) is -0.389. The van der Waals surface area contributed by atoms with Crippen molar-refractivity contribution in [3.05, 3.63) is 0 Å². The van der Waals surface area contributed by atoms with Crippen LogP contribution in [0, 0.1) is 5.92 Å². The monoisotopic (exact) mass is 294 g/mol. The second-order valence-corrected chi connectivity index (χ2v) is 6.80. The van der Waals surface area contributed by atoms with Gasteiger partial charge in [0.25, 0.3) is 0 Å². The van der Waals surface area contributed by atoms with Crippen molar-refractivity contribution in [2.24, 2.45) is 5.92 Å². The van der Waals surface area contributed by atoms with Gasteiger partial charge < -0.3 is 15.3 Å². The van der Waals surface area contributed by atoms with Crippen LogP contribution in [0.5, 0.6) is 0 Å². The molecule has 5 heteroatoms. The summed E-state index contributed by atoms with van der Waals surface area (Å²) in [5.41, 5.74) is 0. The largest absolute Gasteiger partial charge is 0.480 e. The minimum Gasteiger partial charge on any atom is -0.480 e. The zero-order chi connectivity index (χ0) is 14.8. The number of amides is 1. The van der Waals surface area contributed by atoms with Crippen molar-refractivity contribution in [1.29, 1.82) is 0 Å². The first-order valence-electron chi connectivity index (χ1n) is 8.47. The molecule has 3 rings (SSSR count). The Bertz CT molecular complexity index is 404. The van der Waals surface area contributed by atoms with Gasteiger partial charge in [-0.05, 0) is 44.6 Å². The molecule has 0 aromatic rings. The van der Waals surface area contributed by atoms with E-state index in [0.717, 1.165) is 51.5 Å². The van der Waals surface area contributed by atoms with Crippen molar-refractivity contribution in [2.75, 3.05) is 6.54 Å². The van der Waals surface area contributed by atoms with E-state index in [-0.39, 0.29) is 18.0 Å². The van der Waals surface area contributed by atoms with Crippen molar-refractivity contribution in [2.45, 2.75) is 75.9 Å². The number of carbonyl (C=O) groups is 2. The average molecular weight is 294 g/mol. The van der Waals surface area contributed by atoms with Crippen molar-refractivity contribution >= 4 is 11.9 Å². The molecule has 1 amide bonds. The van der Waals surface area contributed by atoms with Crippen LogP contribution in [0.25, 0.3) is 0 Å². The fraction of sp³-hybridized carbons (Fsp3) is 0.875. The third-order valence-electron chi connectivity index (χ3n) is 5.49. The van der Waals surface area contributed by atoms with E-state index >= 15 is 0 Å². The van der Waals surface area contributed by atoms with E-state index in [1.807, 2.05) is 0 Å². The van der Waals surface area contributed by atoms with E-state index < -0.39 is 12.0 Å². The van der Waals surface area contributed by atoms with Crippen molar-refractivity contribution in [1.82, 2.24) is 10.2 Å². The van der Waals surface area contributed by atoms with Crippen LogP contribution in [0.4, 0.5) is 0 Å². The maximum Gasteiger partial charge on any atom is 0.326 e. The minimum atomic E-state index is -0.827. The lowest BCUT2D eigenvalue weighted by Crippen LogP contribution is -2.53. The summed E-state index contributed by atoms with van der Waals surface area (Å²) in [6, 6.07) is -0.608. The molecule has 0 aromatic carbocycles. The van der Waals surface area contributed by atoms with Crippen LogP contribution in [-0.4, -0.2) is 46.6 Å². The predicted octanol–water partition coefficient (Wildman–Crippen LogP) is 1.76. The van der Waals surface area contributed by atoms with Gasteiger partial charge in [0, 0.05) is 6.04 Å². The van der Waals surface area contributed by atoms with E-state index in [1.165, 1.54) is 6.42 Å². The average Bonchev–Trinajstić information content (AvgIpc) is 2.67. The Labute approximate surface area is 126 Å². The van der Waals surface area contributed by atoms with Crippen molar-refractivity contribution < 1.29 is 14.7 Å². The Morgan fingerprint density at radius 2 is 1.76 bits per heavy atom. The zero-order valence-corrected chi connectivity index (χ0v) is 12.6. The van der Waals surface area contributed by atoms with Gasteiger partial charge >= 0.3 is 5.97 Å². The summed E-state index contributed by atoms with van der Waals surface area (Å²) in [4.78, 5) is 26.3. The van der Waals surface area contributed by atoms with E-state index in [2.05, 4.69) is 5.32 Å². The van der Waals surface area contributed by atoms with E-state index in [4.69, 9.17) is 0 Å². The normalized spacial score (nSPS) is 36.9. The number of aliphatic carboxylic acids is 1. The van der Waals surface area contributed by atoms with Gasteiger partial charge in [0.05, 0.1) is 6.04 Å². The lowest BCUT2D eigenvalue weighted by molar-refractivity contribution is -0.150. The highest BCUT2D eigenvalue weighted by Gasteiger charge is 2.48. The lowest BCUT2D eigenvalue weighted by atomic mass is 9.84. The third kappa shape index (κ3) is 2.93. The molecule has 4 unspecified atom stereocenters. The molecule has 0 radical (unpaired) electrons. The molecule has 2 N–H and O–H groups in total. The number of nitrogens with zero attached hydrogens (tertiary/aromatic N) is 1. The number of fused-ring (bicyclic) bond motifs is 1. The predicted molar refractivity (Wildman–Crippen MR) is 78.9 cm³/mol. The van der Waals surface area contributed by atoms with Gasteiger partial charge in [0.2, 0.25) is 5.91 Å². The molecule has 4 atom stereocenters. The molecule has 3 aliphatic rings. The quantitative estimate of drug-likeness (QED) is 0.814. The van der Waals surface area contributed by atoms with Crippen molar-refractivity contribution in [3.63, 3.8) is 0 Å². The first-order chi connectivity index (χ1) is 10.2. The van der Waals surface area contributed by atoms with Crippen LogP contribution in [-0.2, 0) is 9.59 Å². The Hall–Kier alpha value is -1.10. The highest BCUT2D eigenvalue weighted by Crippen LogP contribution is 2.40. The summed E-state index contributed by atoms with van der Waals surface area (Å²) in [5, 5.41) is 12.8. The summed E-state index contributed by atoms with van der Waals surface area (Å²) < 4.78 is 0.